The molecule has 4 heteroatoms. The van der Waals surface area contributed by atoms with Crippen molar-refractivity contribution in [1.29, 1.82) is 0 Å². The van der Waals surface area contributed by atoms with Crippen LogP contribution >= 0.6 is 0 Å². The number of benzene rings is 1. The average molecular weight is 199 g/mol. The van der Waals surface area contributed by atoms with Crippen LogP contribution in [0.1, 0.15) is 18.1 Å². The highest BCUT2D eigenvalue weighted by Crippen LogP contribution is 2.28. The van der Waals surface area contributed by atoms with E-state index >= 15 is 0 Å². The number of hydrogen-bond donors (Lipinski definition) is 1. The van der Waals surface area contributed by atoms with Gasteiger partial charge in [-0.15, -0.1) is 0 Å². The van der Waals surface area contributed by atoms with Gasteiger partial charge in [0.25, 0.3) is 0 Å². The maximum atomic E-state index is 12.9. The summed E-state index contributed by atoms with van der Waals surface area (Å²) >= 11 is 0. The van der Waals surface area contributed by atoms with E-state index < -0.39 is 11.6 Å². The van der Waals surface area contributed by atoms with Crippen molar-refractivity contribution in [2.75, 3.05) is 6.61 Å². The van der Waals surface area contributed by atoms with E-state index in [1.807, 2.05) is 0 Å². The minimum atomic E-state index is -0.856. The van der Waals surface area contributed by atoms with Crippen LogP contribution in [0.25, 0.3) is 0 Å². The van der Waals surface area contributed by atoms with Gasteiger partial charge in [0, 0.05) is 12.6 Å². The first-order chi connectivity index (χ1) is 6.68. The van der Waals surface area contributed by atoms with Crippen LogP contribution < -0.4 is 5.73 Å². The largest absolute Gasteiger partial charge is 0.372 e. The number of ether oxygens (including phenoxy) is 1. The van der Waals surface area contributed by atoms with Crippen LogP contribution in [-0.4, -0.2) is 12.6 Å². The fraction of sp³-hybridized carbons (Fsp3) is 0.400. The van der Waals surface area contributed by atoms with Crippen LogP contribution in [0.5, 0.6) is 0 Å². The van der Waals surface area contributed by atoms with Gasteiger partial charge in [0.15, 0.2) is 11.6 Å². The molecule has 2 nitrogen and oxygen atoms in total. The van der Waals surface area contributed by atoms with E-state index in [9.17, 15) is 8.78 Å². The van der Waals surface area contributed by atoms with Crippen molar-refractivity contribution in [3.63, 3.8) is 0 Å². The number of rotatable bonds is 1. The van der Waals surface area contributed by atoms with Gasteiger partial charge in [0.2, 0.25) is 0 Å². The lowest BCUT2D eigenvalue weighted by Gasteiger charge is -2.14. The van der Waals surface area contributed by atoms with E-state index in [1.165, 1.54) is 6.07 Å². The molecular formula is C10H11F2NO. The van der Waals surface area contributed by atoms with E-state index in [2.05, 4.69) is 0 Å². The highest BCUT2D eigenvalue weighted by molar-refractivity contribution is 5.22. The highest BCUT2D eigenvalue weighted by Gasteiger charge is 2.26. The zero-order valence-electron chi connectivity index (χ0n) is 7.54. The molecule has 2 N–H and O–H groups in total. The van der Waals surface area contributed by atoms with Gasteiger partial charge < -0.3 is 10.5 Å². The Hall–Kier alpha value is -1.00. The quantitative estimate of drug-likeness (QED) is 0.747. The fourth-order valence-corrected chi connectivity index (χ4v) is 1.64. The van der Waals surface area contributed by atoms with E-state index in [4.69, 9.17) is 10.5 Å². The van der Waals surface area contributed by atoms with Crippen molar-refractivity contribution >= 4 is 0 Å². The number of nitrogens with two attached hydrogens (primary N) is 1. The lowest BCUT2D eigenvalue weighted by Crippen LogP contribution is -2.23. The van der Waals surface area contributed by atoms with E-state index in [1.54, 1.807) is 0 Å². The molecule has 0 spiro atoms. The van der Waals surface area contributed by atoms with Crippen molar-refractivity contribution in [2.45, 2.75) is 18.6 Å². The minimum absolute atomic E-state index is 0.125. The molecule has 2 rings (SSSR count). The first-order valence-electron chi connectivity index (χ1n) is 4.50. The predicted octanol–water partition coefficient (Wildman–Crippen LogP) is 1.75. The SMILES string of the molecule is N[C@@H]1CCO[C@@H]1c1ccc(F)c(F)c1. The first-order valence-corrected chi connectivity index (χ1v) is 4.50. The van der Waals surface area contributed by atoms with Crippen molar-refractivity contribution < 1.29 is 13.5 Å². The van der Waals surface area contributed by atoms with Gasteiger partial charge in [-0.3, -0.25) is 0 Å². The van der Waals surface area contributed by atoms with Gasteiger partial charge in [0.05, 0.1) is 6.10 Å². The summed E-state index contributed by atoms with van der Waals surface area (Å²) in [4.78, 5) is 0. The predicted molar refractivity (Wildman–Crippen MR) is 47.6 cm³/mol. The molecule has 1 aliphatic heterocycles. The average Bonchev–Trinajstić information content (AvgIpc) is 2.57. The fourth-order valence-electron chi connectivity index (χ4n) is 1.64. The second kappa shape index (κ2) is 3.63. The topological polar surface area (TPSA) is 35.2 Å². The second-order valence-electron chi connectivity index (χ2n) is 3.42. The van der Waals surface area contributed by atoms with Crippen LogP contribution in [0.2, 0.25) is 0 Å². The molecule has 0 unspecified atom stereocenters. The van der Waals surface area contributed by atoms with Crippen molar-refractivity contribution in [3.05, 3.63) is 35.4 Å². The monoisotopic (exact) mass is 199 g/mol. The van der Waals surface area contributed by atoms with Gasteiger partial charge in [-0.25, -0.2) is 8.78 Å². The maximum absolute atomic E-state index is 12.9. The summed E-state index contributed by atoms with van der Waals surface area (Å²) in [6, 6.07) is 3.62. The second-order valence-corrected chi connectivity index (χ2v) is 3.42. The third-order valence-electron chi connectivity index (χ3n) is 2.41. The summed E-state index contributed by atoms with van der Waals surface area (Å²) in [5, 5.41) is 0. The van der Waals surface area contributed by atoms with Crippen molar-refractivity contribution in [1.82, 2.24) is 0 Å². The van der Waals surface area contributed by atoms with Crippen LogP contribution in [0.15, 0.2) is 18.2 Å². The van der Waals surface area contributed by atoms with Gasteiger partial charge in [-0.1, -0.05) is 6.07 Å². The molecule has 0 aromatic heterocycles. The summed E-state index contributed by atoms with van der Waals surface area (Å²) in [7, 11) is 0. The molecular weight excluding hydrogens is 188 g/mol. The first kappa shape index (κ1) is 9.55. The van der Waals surface area contributed by atoms with Gasteiger partial charge in [0.1, 0.15) is 0 Å². The van der Waals surface area contributed by atoms with E-state index in [0.717, 1.165) is 18.6 Å². The van der Waals surface area contributed by atoms with E-state index in [0.29, 0.717) is 12.2 Å². The summed E-state index contributed by atoms with van der Waals surface area (Å²) in [5.41, 5.74) is 6.36. The Morgan fingerprint density at radius 3 is 2.64 bits per heavy atom. The standard InChI is InChI=1S/C10H11F2NO/c11-7-2-1-6(5-8(7)12)10-9(13)3-4-14-10/h1-2,5,9-10H,3-4,13H2/t9-,10-/m1/s1. The third kappa shape index (κ3) is 1.63. The molecule has 0 aliphatic carbocycles. The van der Waals surface area contributed by atoms with Gasteiger partial charge in [-0.2, -0.15) is 0 Å². The molecule has 1 fully saturated rings. The normalized spacial score (nSPS) is 26.8. The molecule has 0 bridgehead atoms. The Labute approximate surface area is 80.7 Å². The van der Waals surface area contributed by atoms with Crippen LogP contribution in [0.4, 0.5) is 8.78 Å². The molecule has 1 saturated heterocycles. The zero-order valence-corrected chi connectivity index (χ0v) is 7.54. The summed E-state index contributed by atoms with van der Waals surface area (Å²) < 4.78 is 30.9. The Morgan fingerprint density at radius 1 is 1.29 bits per heavy atom. The Morgan fingerprint density at radius 2 is 2.07 bits per heavy atom. The summed E-state index contributed by atoms with van der Waals surface area (Å²) in [5.74, 6) is -1.70. The molecule has 1 aliphatic rings. The molecule has 0 radical (unpaired) electrons. The smallest absolute Gasteiger partial charge is 0.159 e. The molecule has 1 aromatic carbocycles. The van der Waals surface area contributed by atoms with Gasteiger partial charge in [-0.05, 0) is 24.1 Å². The molecule has 0 saturated carbocycles. The Bertz CT molecular complexity index is 343. The highest BCUT2D eigenvalue weighted by atomic mass is 19.2. The molecule has 76 valence electrons. The maximum Gasteiger partial charge on any atom is 0.159 e. The lowest BCUT2D eigenvalue weighted by molar-refractivity contribution is 0.105. The summed E-state index contributed by atoms with van der Waals surface area (Å²) in [6.07, 6.45) is 0.453. The Kier molecular flexibility index (Phi) is 2.48. The Balaban J connectivity index is 2.28. The number of halogens is 2. The number of hydrogen-bond acceptors (Lipinski definition) is 2. The lowest BCUT2D eigenvalue weighted by atomic mass is 10.0. The zero-order chi connectivity index (χ0) is 10.1. The molecule has 1 aromatic rings. The van der Waals surface area contributed by atoms with Crippen LogP contribution in [-0.2, 0) is 4.74 Å². The van der Waals surface area contributed by atoms with Crippen molar-refractivity contribution in [3.8, 4) is 0 Å². The minimum Gasteiger partial charge on any atom is -0.372 e. The van der Waals surface area contributed by atoms with Gasteiger partial charge >= 0.3 is 0 Å². The third-order valence-corrected chi connectivity index (χ3v) is 2.41. The van der Waals surface area contributed by atoms with Crippen LogP contribution in [0, 0.1) is 11.6 Å². The van der Waals surface area contributed by atoms with Crippen molar-refractivity contribution in [2.24, 2.45) is 5.73 Å². The molecule has 14 heavy (non-hydrogen) atoms. The summed E-state index contributed by atoms with van der Waals surface area (Å²) in [6.45, 7) is 0.574. The molecule has 2 atom stereocenters. The van der Waals surface area contributed by atoms with E-state index in [-0.39, 0.29) is 12.1 Å². The van der Waals surface area contributed by atoms with Crippen LogP contribution in [0.3, 0.4) is 0 Å². The molecule has 0 amide bonds. The molecule has 1 heterocycles.